The van der Waals surface area contributed by atoms with Gasteiger partial charge in [0.05, 0.1) is 0 Å². The molecule has 3 heteroatoms. The zero-order valence-electron chi connectivity index (χ0n) is 11.2. The molecule has 2 heterocycles. The van der Waals surface area contributed by atoms with Gasteiger partial charge in [-0.1, -0.05) is 19.8 Å². The van der Waals surface area contributed by atoms with Gasteiger partial charge in [-0.3, -0.25) is 4.68 Å². The van der Waals surface area contributed by atoms with Gasteiger partial charge in [0.1, 0.15) is 0 Å². The first-order valence-corrected chi connectivity index (χ1v) is 6.98. The lowest BCUT2D eigenvalue weighted by Crippen LogP contribution is -2.44. The summed E-state index contributed by atoms with van der Waals surface area (Å²) in [4.78, 5) is 0. The Morgan fingerprint density at radius 1 is 1.41 bits per heavy atom. The van der Waals surface area contributed by atoms with Crippen molar-refractivity contribution in [3.63, 3.8) is 0 Å². The van der Waals surface area contributed by atoms with Crippen molar-refractivity contribution in [3.05, 3.63) is 18.0 Å². The van der Waals surface area contributed by atoms with Crippen LogP contribution in [0.3, 0.4) is 0 Å². The highest BCUT2D eigenvalue weighted by Crippen LogP contribution is 2.27. The molecule has 1 atom stereocenters. The molecule has 1 saturated heterocycles. The summed E-state index contributed by atoms with van der Waals surface area (Å²) in [5.74, 6) is 0. The number of hydrogen-bond donors (Lipinski definition) is 1. The smallest absolute Gasteiger partial charge is 0.0492 e. The van der Waals surface area contributed by atoms with E-state index in [2.05, 4.69) is 23.4 Å². The molecule has 3 nitrogen and oxygen atoms in total. The quantitative estimate of drug-likeness (QED) is 0.869. The van der Waals surface area contributed by atoms with E-state index in [0.717, 1.165) is 6.42 Å². The molecule has 1 aliphatic rings. The maximum absolute atomic E-state index is 4.24. The molecule has 2 rings (SSSR count). The van der Waals surface area contributed by atoms with E-state index in [1.54, 1.807) is 0 Å². The fourth-order valence-electron chi connectivity index (χ4n) is 2.91. The zero-order valence-corrected chi connectivity index (χ0v) is 11.2. The summed E-state index contributed by atoms with van der Waals surface area (Å²) in [5, 5.41) is 8.04. The largest absolute Gasteiger partial charge is 0.311 e. The second kappa shape index (κ2) is 5.67. The van der Waals surface area contributed by atoms with Crippen LogP contribution in [0.5, 0.6) is 0 Å². The minimum Gasteiger partial charge on any atom is -0.311 e. The highest BCUT2D eigenvalue weighted by atomic mass is 15.2. The summed E-state index contributed by atoms with van der Waals surface area (Å²) < 4.78 is 2.00. The third-order valence-corrected chi connectivity index (χ3v) is 4.29. The van der Waals surface area contributed by atoms with Crippen LogP contribution in [0, 0.1) is 0 Å². The van der Waals surface area contributed by atoms with Crippen LogP contribution < -0.4 is 5.32 Å². The molecular weight excluding hydrogens is 210 g/mol. The molecule has 0 spiro atoms. The third kappa shape index (κ3) is 3.09. The zero-order chi connectivity index (χ0) is 12.1. The molecule has 0 saturated carbocycles. The number of hydrogen-bond acceptors (Lipinski definition) is 2. The van der Waals surface area contributed by atoms with Crippen molar-refractivity contribution in [2.24, 2.45) is 7.05 Å². The lowest BCUT2D eigenvalue weighted by Gasteiger charge is -2.33. The summed E-state index contributed by atoms with van der Waals surface area (Å²) in [6, 6.07) is 2.14. The Hall–Kier alpha value is -0.830. The van der Waals surface area contributed by atoms with Crippen molar-refractivity contribution in [1.82, 2.24) is 15.1 Å². The second-order valence-corrected chi connectivity index (χ2v) is 5.32. The van der Waals surface area contributed by atoms with Crippen molar-refractivity contribution >= 4 is 0 Å². The van der Waals surface area contributed by atoms with E-state index in [1.807, 2.05) is 17.9 Å². The molecule has 0 aliphatic carbocycles. The Kier molecular flexibility index (Phi) is 4.21. The lowest BCUT2D eigenvalue weighted by molar-refractivity contribution is 0.281. The number of aryl methyl sites for hydroxylation is 2. The monoisotopic (exact) mass is 235 g/mol. The molecule has 1 unspecified atom stereocenters. The molecule has 0 radical (unpaired) electrons. The van der Waals surface area contributed by atoms with E-state index in [9.17, 15) is 0 Å². The summed E-state index contributed by atoms with van der Waals surface area (Å²) >= 11 is 0. The lowest BCUT2D eigenvalue weighted by atomic mass is 9.85. The van der Waals surface area contributed by atoms with Crippen LogP contribution in [-0.4, -0.2) is 21.9 Å². The van der Waals surface area contributed by atoms with Crippen LogP contribution in [0.25, 0.3) is 0 Å². The van der Waals surface area contributed by atoms with Crippen molar-refractivity contribution in [3.8, 4) is 0 Å². The van der Waals surface area contributed by atoms with Gasteiger partial charge in [-0.05, 0) is 44.7 Å². The van der Waals surface area contributed by atoms with Gasteiger partial charge in [0.2, 0.25) is 0 Å². The number of nitrogens with one attached hydrogen (secondary N) is 1. The first-order chi connectivity index (χ1) is 8.26. The predicted octanol–water partition coefficient (Wildman–Crippen LogP) is 2.67. The van der Waals surface area contributed by atoms with Crippen molar-refractivity contribution in [1.29, 1.82) is 0 Å². The van der Waals surface area contributed by atoms with Crippen molar-refractivity contribution in [2.75, 3.05) is 6.54 Å². The van der Waals surface area contributed by atoms with Crippen LogP contribution in [0.1, 0.15) is 51.1 Å². The molecule has 17 heavy (non-hydrogen) atoms. The Bertz CT molecular complexity index is 335. The minimum absolute atomic E-state index is 0.376. The molecule has 1 aromatic rings. The van der Waals surface area contributed by atoms with Gasteiger partial charge in [0.15, 0.2) is 0 Å². The molecule has 0 aromatic carbocycles. The Morgan fingerprint density at radius 2 is 2.29 bits per heavy atom. The van der Waals surface area contributed by atoms with Gasteiger partial charge in [0.25, 0.3) is 0 Å². The van der Waals surface area contributed by atoms with Crippen LogP contribution in [0.2, 0.25) is 0 Å². The first kappa shape index (κ1) is 12.6. The number of nitrogens with zero attached hydrogens (tertiary/aromatic N) is 2. The van der Waals surface area contributed by atoms with Gasteiger partial charge in [-0.15, -0.1) is 0 Å². The van der Waals surface area contributed by atoms with Crippen LogP contribution in [-0.2, 0) is 13.5 Å². The minimum atomic E-state index is 0.376. The molecule has 1 aliphatic heterocycles. The van der Waals surface area contributed by atoms with E-state index in [1.165, 1.54) is 50.8 Å². The summed E-state index contributed by atoms with van der Waals surface area (Å²) in [7, 11) is 2.04. The summed E-state index contributed by atoms with van der Waals surface area (Å²) in [5.41, 5.74) is 1.73. The van der Waals surface area contributed by atoms with Gasteiger partial charge >= 0.3 is 0 Å². The van der Waals surface area contributed by atoms with E-state index in [0.29, 0.717) is 5.54 Å². The first-order valence-electron chi connectivity index (χ1n) is 6.98. The van der Waals surface area contributed by atoms with E-state index < -0.39 is 0 Å². The molecule has 96 valence electrons. The highest BCUT2D eigenvalue weighted by molar-refractivity contribution is 5.02. The van der Waals surface area contributed by atoms with Crippen molar-refractivity contribution < 1.29 is 0 Å². The standard InChI is InChI=1S/C14H25N3/c1-3-14(9-5-4-6-11-15-14)10-7-13-8-12-16-17(13)2/h8,12,15H,3-7,9-11H2,1-2H3. The molecule has 0 amide bonds. The average Bonchev–Trinajstić information content (AvgIpc) is 2.63. The van der Waals surface area contributed by atoms with Gasteiger partial charge in [-0.2, -0.15) is 5.10 Å². The van der Waals surface area contributed by atoms with Gasteiger partial charge in [-0.25, -0.2) is 0 Å². The molecule has 1 fully saturated rings. The Labute approximate surface area is 105 Å². The predicted molar refractivity (Wildman–Crippen MR) is 71.0 cm³/mol. The molecule has 1 N–H and O–H groups in total. The van der Waals surface area contributed by atoms with Gasteiger partial charge < -0.3 is 5.32 Å². The SMILES string of the molecule is CCC1(CCc2ccnn2C)CCCCCN1. The van der Waals surface area contributed by atoms with E-state index >= 15 is 0 Å². The third-order valence-electron chi connectivity index (χ3n) is 4.29. The van der Waals surface area contributed by atoms with Crippen LogP contribution in [0.4, 0.5) is 0 Å². The highest BCUT2D eigenvalue weighted by Gasteiger charge is 2.28. The van der Waals surface area contributed by atoms with E-state index in [-0.39, 0.29) is 0 Å². The molecular formula is C14H25N3. The summed E-state index contributed by atoms with van der Waals surface area (Å²) in [6.45, 7) is 3.51. The fourth-order valence-corrected chi connectivity index (χ4v) is 2.91. The van der Waals surface area contributed by atoms with Gasteiger partial charge in [0, 0.05) is 24.5 Å². The maximum atomic E-state index is 4.24. The Balaban J connectivity index is 1.96. The Morgan fingerprint density at radius 3 is 3.00 bits per heavy atom. The molecule has 0 bridgehead atoms. The van der Waals surface area contributed by atoms with E-state index in [4.69, 9.17) is 0 Å². The second-order valence-electron chi connectivity index (χ2n) is 5.32. The number of rotatable bonds is 4. The van der Waals surface area contributed by atoms with Crippen molar-refractivity contribution in [2.45, 2.75) is 57.4 Å². The topological polar surface area (TPSA) is 29.9 Å². The average molecular weight is 235 g/mol. The molecule has 1 aromatic heterocycles. The maximum Gasteiger partial charge on any atom is 0.0492 e. The number of aromatic nitrogens is 2. The van der Waals surface area contributed by atoms with Crippen LogP contribution >= 0.6 is 0 Å². The van der Waals surface area contributed by atoms with Crippen LogP contribution in [0.15, 0.2) is 12.3 Å². The normalized spacial score (nSPS) is 25.8. The fraction of sp³-hybridized carbons (Fsp3) is 0.786. The summed E-state index contributed by atoms with van der Waals surface area (Å²) in [6.07, 6.45) is 11.0.